The van der Waals surface area contributed by atoms with Crippen molar-refractivity contribution in [1.82, 2.24) is 0 Å². The predicted molar refractivity (Wildman–Crippen MR) is 57.8 cm³/mol. The SMILES string of the molecule is F[B-](F)(F)F.[CH]1[CH][CH]C[CH][CH]1.[CH]1[CH][CH][CH][CH]1.[Rh]. The van der Waals surface area contributed by atoms with Gasteiger partial charge in [0.2, 0.25) is 0 Å². The van der Waals surface area contributed by atoms with E-state index in [0.717, 1.165) is 6.42 Å². The summed E-state index contributed by atoms with van der Waals surface area (Å²) < 4.78 is 39.0. The van der Waals surface area contributed by atoms with E-state index in [0.29, 0.717) is 0 Å². The largest absolute Gasteiger partial charge is 0.673 e. The van der Waals surface area contributed by atoms with E-state index < -0.39 is 7.25 Å². The van der Waals surface area contributed by atoms with Crippen molar-refractivity contribution in [3.05, 3.63) is 64.2 Å². The van der Waals surface area contributed by atoms with Crippen LogP contribution in [0.4, 0.5) is 17.3 Å². The maximum absolute atomic E-state index is 9.75. The topological polar surface area (TPSA) is 0 Å². The van der Waals surface area contributed by atoms with E-state index in [1.165, 1.54) is 0 Å². The van der Waals surface area contributed by atoms with Crippen molar-refractivity contribution in [1.29, 1.82) is 0 Å². The van der Waals surface area contributed by atoms with Crippen LogP contribution in [-0.4, -0.2) is 7.25 Å². The van der Waals surface area contributed by atoms with Crippen LogP contribution in [0.25, 0.3) is 0 Å². The van der Waals surface area contributed by atoms with E-state index in [-0.39, 0.29) is 19.5 Å². The average Bonchev–Trinajstić information content (AvgIpc) is 2.75. The van der Waals surface area contributed by atoms with Gasteiger partial charge in [-0.15, -0.1) is 0 Å². The molecule has 2 saturated carbocycles. The molecular formula is C11H12BF4Rh-. The predicted octanol–water partition coefficient (Wildman–Crippen LogP) is 3.73. The molecule has 2 aliphatic rings. The van der Waals surface area contributed by atoms with Crippen LogP contribution < -0.4 is 0 Å². The van der Waals surface area contributed by atoms with Gasteiger partial charge in [-0.3, -0.25) is 0 Å². The van der Waals surface area contributed by atoms with Gasteiger partial charge in [0.1, 0.15) is 0 Å². The Morgan fingerprint density at radius 3 is 0.941 bits per heavy atom. The van der Waals surface area contributed by atoms with E-state index >= 15 is 0 Å². The Balaban J connectivity index is 0. The van der Waals surface area contributed by atoms with Crippen molar-refractivity contribution < 1.29 is 36.7 Å². The van der Waals surface area contributed by atoms with Crippen LogP contribution in [0.15, 0.2) is 0 Å². The summed E-state index contributed by atoms with van der Waals surface area (Å²) in [5.74, 6) is 0. The Morgan fingerprint density at radius 2 is 0.824 bits per heavy atom. The van der Waals surface area contributed by atoms with Gasteiger partial charge in [0.05, 0.1) is 0 Å². The molecule has 0 atom stereocenters. The summed E-state index contributed by atoms with van der Waals surface area (Å²) in [6.07, 6.45) is 21.5. The first-order chi connectivity index (χ1) is 7.50. The molecule has 0 aromatic rings. The number of hydrogen-bond donors (Lipinski definition) is 0. The van der Waals surface area contributed by atoms with Gasteiger partial charge in [-0.1, -0.05) is 0 Å². The molecule has 0 aromatic heterocycles. The maximum Gasteiger partial charge on any atom is 0.673 e. The Hall–Kier alpha value is 0.408. The first-order valence-electron chi connectivity index (χ1n) is 4.69. The third-order valence-corrected chi connectivity index (χ3v) is 1.32. The van der Waals surface area contributed by atoms with Crippen LogP contribution in [0.5, 0.6) is 0 Å². The van der Waals surface area contributed by atoms with Crippen molar-refractivity contribution in [2.24, 2.45) is 0 Å². The minimum atomic E-state index is -6.00. The van der Waals surface area contributed by atoms with Crippen LogP contribution in [0.2, 0.25) is 0 Å². The molecule has 0 unspecified atom stereocenters. The van der Waals surface area contributed by atoms with Crippen LogP contribution in [0.3, 0.4) is 0 Å². The Morgan fingerprint density at radius 1 is 0.588 bits per heavy atom. The number of halogens is 4. The van der Waals surface area contributed by atoms with Crippen molar-refractivity contribution in [3.8, 4) is 0 Å². The molecule has 0 heterocycles. The molecule has 6 heteroatoms. The molecule has 0 saturated heterocycles. The molecule has 0 nitrogen and oxygen atoms in total. The first-order valence-corrected chi connectivity index (χ1v) is 4.69. The molecule has 0 aromatic carbocycles. The molecule has 0 aliphatic heterocycles. The summed E-state index contributed by atoms with van der Waals surface area (Å²) in [4.78, 5) is 0. The molecule has 0 bridgehead atoms. The van der Waals surface area contributed by atoms with Gasteiger partial charge in [0, 0.05) is 19.5 Å². The average molecular weight is 334 g/mol. The van der Waals surface area contributed by atoms with E-state index in [4.69, 9.17) is 0 Å². The van der Waals surface area contributed by atoms with E-state index in [2.05, 4.69) is 25.7 Å². The van der Waals surface area contributed by atoms with Crippen LogP contribution in [-0.2, 0) is 19.5 Å². The monoisotopic (exact) mass is 334 g/mol. The van der Waals surface area contributed by atoms with Crippen molar-refractivity contribution >= 4 is 7.25 Å². The van der Waals surface area contributed by atoms with Crippen LogP contribution >= 0.6 is 0 Å². The van der Waals surface area contributed by atoms with Gasteiger partial charge in [-0.2, -0.15) is 0 Å². The zero-order chi connectivity index (χ0) is 12.3. The fourth-order valence-electron chi connectivity index (χ4n) is 0.778. The van der Waals surface area contributed by atoms with Gasteiger partial charge in [-0.05, 0) is 70.6 Å². The number of hydrogen-bond acceptors (Lipinski definition) is 0. The number of rotatable bonds is 0. The summed E-state index contributed by atoms with van der Waals surface area (Å²) in [6, 6.07) is 0. The van der Waals surface area contributed by atoms with Gasteiger partial charge < -0.3 is 17.3 Å². The first kappa shape index (κ1) is 19.7. The second kappa shape index (κ2) is 12.9. The summed E-state index contributed by atoms with van der Waals surface area (Å²) in [7, 11) is -6.00. The normalized spacial score (nSPS) is 19.1. The smallest absolute Gasteiger partial charge is 0.418 e. The molecule has 0 amide bonds. The van der Waals surface area contributed by atoms with E-state index in [9.17, 15) is 17.3 Å². The molecule has 2 fully saturated rings. The minimum Gasteiger partial charge on any atom is -0.418 e. The Labute approximate surface area is 115 Å². The molecule has 97 valence electrons. The molecule has 0 spiro atoms. The summed E-state index contributed by atoms with van der Waals surface area (Å²) >= 11 is 0. The summed E-state index contributed by atoms with van der Waals surface area (Å²) in [5, 5.41) is 0. The molecule has 11 radical (unpaired) electrons. The van der Waals surface area contributed by atoms with Crippen molar-refractivity contribution in [2.45, 2.75) is 6.42 Å². The maximum atomic E-state index is 9.75. The molecule has 2 rings (SSSR count). The standard InChI is InChI=1S/C6H7.C5H5.BF4.Rh/c1-2-4-6-5-3-1;1-2-4-5-3-1;2-1(3,4)5;/h1-5H,6H2;1-5H;;/q;;-1;. The summed E-state index contributed by atoms with van der Waals surface area (Å²) in [6.45, 7) is 0. The quantitative estimate of drug-likeness (QED) is 0.468. The minimum absolute atomic E-state index is 0. The van der Waals surface area contributed by atoms with Crippen molar-refractivity contribution in [3.63, 3.8) is 0 Å². The zero-order valence-electron chi connectivity index (χ0n) is 8.90. The molecule has 2 aliphatic carbocycles. The molecular weight excluding hydrogens is 322 g/mol. The van der Waals surface area contributed by atoms with Gasteiger partial charge in [0.15, 0.2) is 0 Å². The molecule has 17 heavy (non-hydrogen) atoms. The fourth-order valence-corrected chi connectivity index (χ4v) is 0.778. The van der Waals surface area contributed by atoms with Gasteiger partial charge >= 0.3 is 7.25 Å². The van der Waals surface area contributed by atoms with Crippen molar-refractivity contribution in [2.75, 3.05) is 0 Å². The second-order valence-corrected chi connectivity index (χ2v) is 2.74. The van der Waals surface area contributed by atoms with Gasteiger partial charge in [0.25, 0.3) is 0 Å². The third-order valence-electron chi connectivity index (χ3n) is 1.32. The van der Waals surface area contributed by atoms with Crippen LogP contribution in [0.1, 0.15) is 6.42 Å². The summed E-state index contributed by atoms with van der Waals surface area (Å²) in [5.41, 5.74) is 0. The van der Waals surface area contributed by atoms with Gasteiger partial charge in [-0.25, -0.2) is 0 Å². The Bertz CT molecular complexity index is 120. The van der Waals surface area contributed by atoms with E-state index in [1.807, 2.05) is 38.5 Å². The zero-order valence-corrected chi connectivity index (χ0v) is 10.5. The third kappa shape index (κ3) is 26.2. The molecule has 0 N–H and O–H groups in total. The Kier molecular flexibility index (Phi) is 14.9. The van der Waals surface area contributed by atoms with E-state index in [1.54, 1.807) is 0 Å². The van der Waals surface area contributed by atoms with Crippen LogP contribution in [0, 0.1) is 64.2 Å². The fraction of sp³-hybridized carbons (Fsp3) is 0.0909. The second-order valence-electron chi connectivity index (χ2n) is 2.74.